The number of nitrogens with one attached hydrogen (secondary N) is 1. The number of allylic oxidation sites excluding steroid dienone is 1. The van der Waals surface area contributed by atoms with E-state index in [0.717, 1.165) is 12.8 Å². The normalized spacial score (nSPS) is 22.8. The molecule has 0 spiro atoms. The van der Waals surface area contributed by atoms with Crippen LogP contribution in [0.4, 0.5) is 8.78 Å². The van der Waals surface area contributed by atoms with Crippen molar-refractivity contribution in [1.29, 1.82) is 0 Å². The third-order valence-electron chi connectivity index (χ3n) is 1.69. The minimum Gasteiger partial charge on any atom is -0.497 e. The highest BCUT2D eigenvalue weighted by molar-refractivity contribution is 4.82. The molecule has 1 aliphatic heterocycles. The van der Waals surface area contributed by atoms with Gasteiger partial charge in [0, 0.05) is 6.54 Å². The Kier molecular flexibility index (Phi) is 4.00. The van der Waals surface area contributed by atoms with Crippen molar-refractivity contribution in [3.05, 3.63) is 12.3 Å². The molecule has 0 aromatic rings. The Hall–Kier alpha value is -0.640. The number of halogens is 2. The van der Waals surface area contributed by atoms with Crippen LogP contribution in [0, 0.1) is 0 Å². The molecule has 0 saturated carbocycles. The number of hydrogen-bond acceptors (Lipinski definition) is 2. The van der Waals surface area contributed by atoms with Crippen LogP contribution in [0.15, 0.2) is 12.3 Å². The van der Waals surface area contributed by atoms with E-state index in [4.69, 9.17) is 4.74 Å². The lowest BCUT2D eigenvalue weighted by atomic mass is 10.1. The van der Waals surface area contributed by atoms with Crippen LogP contribution in [-0.2, 0) is 4.74 Å². The van der Waals surface area contributed by atoms with Crippen LogP contribution >= 0.6 is 0 Å². The van der Waals surface area contributed by atoms with Gasteiger partial charge in [-0.15, -0.1) is 0 Å². The first-order chi connectivity index (χ1) is 5.79. The molecule has 1 aliphatic rings. The van der Waals surface area contributed by atoms with Gasteiger partial charge in [0.15, 0.2) is 0 Å². The standard InChI is InChI=1S/C8H13F2NO/c9-8(10)6-11-5-7-3-1-2-4-12-7/h2,4,7-8,11H,1,3,5-6H2/t7-/m0/s1. The summed E-state index contributed by atoms with van der Waals surface area (Å²) < 4.78 is 28.5. The number of alkyl halides is 2. The molecule has 0 saturated heterocycles. The van der Waals surface area contributed by atoms with Crippen LogP contribution in [0.1, 0.15) is 12.8 Å². The summed E-state index contributed by atoms with van der Waals surface area (Å²) in [4.78, 5) is 0. The van der Waals surface area contributed by atoms with Gasteiger partial charge in [-0.2, -0.15) is 0 Å². The molecule has 4 heteroatoms. The van der Waals surface area contributed by atoms with E-state index in [2.05, 4.69) is 5.32 Å². The molecule has 0 bridgehead atoms. The Bertz CT molecular complexity index is 150. The van der Waals surface area contributed by atoms with Crippen molar-refractivity contribution < 1.29 is 13.5 Å². The molecular formula is C8H13F2NO. The second-order valence-corrected chi connectivity index (χ2v) is 2.76. The SMILES string of the molecule is FC(F)CNC[C@@H]1CCC=CO1. The van der Waals surface area contributed by atoms with Gasteiger partial charge in [-0.1, -0.05) is 0 Å². The summed E-state index contributed by atoms with van der Waals surface area (Å²) in [6, 6.07) is 0. The van der Waals surface area contributed by atoms with E-state index in [1.54, 1.807) is 6.26 Å². The number of ether oxygens (including phenoxy) is 1. The van der Waals surface area contributed by atoms with Crippen LogP contribution in [0.25, 0.3) is 0 Å². The van der Waals surface area contributed by atoms with Crippen LogP contribution in [-0.4, -0.2) is 25.6 Å². The molecule has 1 rings (SSSR count). The molecule has 2 nitrogen and oxygen atoms in total. The van der Waals surface area contributed by atoms with Crippen molar-refractivity contribution in [2.75, 3.05) is 13.1 Å². The van der Waals surface area contributed by atoms with Crippen molar-refractivity contribution in [2.24, 2.45) is 0 Å². The zero-order valence-corrected chi connectivity index (χ0v) is 6.80. The van der Waals surface area contributed by atoms with Crippen molar-refractivity contribution >= 4 is 0 Å². The van der Waals surface area contributed by atoms with E-state index in [-0.39, 0.29) is 12.6 Å². The topological polar surface area (TPSA) is 21.3 Å². The first-order valence-corrected chi connectivity index (χ1v) is 4.08. The van der Waals surface area contributed by atoms with E-state index in [1.807, 2.05) is 6.08 Å². The summed E-state index contributed by atoms with van der Waals surface area (Å²) in [6.45, 7) is 0.262. The van der Waals surface area contributed by atoms with Gasteiger partial charge in [-0.05, 0) is 18.9 Å². The van der Waals surface area contributed by atoms with Crippen LogP contribution < -0.4 is 5.32 Å². The Morgan fingerprint density at radius 3 is 3.00 bits per heavy atom. The fourth-order valence-corrected chi connectivity index (χ4v) is 1.09. The van der Waals surface area contributed by atoms with E-state index >= 15 is 0 Å². The predicted molar refractivity (Wildman–Crippen MR) is 42.1 cm³/mol. The maximum Gasteiger partial charge on any atom is 0.250 e. The van der Waals surface area contributed by atoms with Crippen molar-refractivity contribution in [3.8, 4) is 0 Å². The molecule has 0 amide bonds. The third-order valence-corrected chi connectivity index (χ3v) is 1.69. The lowest BCUT2D eigenvalue weighted by Gasteiger charge is -2.19. The van der Waals surface area contributed by atoms with Gasteiger partial charge in [-0.3, -0.25) is 0 Å². The minimum absolute atomic E-state index is 0.0637. The molecule has 0 fully saturated rings. The second kappa shape index (κ2) is 5.09. The smallest absolute Gasteiger partial charge is 0.250 e. The molecule has 0 radical (unpaired) electrons. The fraction of sp³-hybridized carbons (Fsp3) is 0.750. The zero-order valence-electron chi connectivity index (χ0n) is 6.80. The van der Waals surface area contributed by atoms with Gasteiger partial charge < -0.3 is 10.1 Å². The van der Waals surface area contributed by atoms with E-state index in [9.17, 15) is 8.78 Å². The maximum absolute atomic E-state index is 11.7. The Balaban J connectivity index is 2.03. The quantitative estimate of drug-likeness (QED) is 0.703. The molecular weight excluding hydrogens is 164 g/mol. The monoisotopic (exact) mass is 177 g/mol. The van der Waals surface area contributed by atoms with Crippen molar-refractivity contribution in [2.45, 2.75) is 25.4 Å². The molecule has 0 aliphatic carbocycles. The second-order valence-electron chi connectivity index (χ2n) is 2.76. The lowest BCUT2D eigenvalue weighted by Crippen LogP contribution is -2.32. The van der Waals surface area contributed by atoms with Crippen molar-refractivity contribution in [3.63, 3.8) is 0 Å². The highest BCUT2D eigenvalue weighted by atomic mass is 19.3. The fourth-order valence-electron chi connectivity index (χ4n) is 1.09. The largest absolute Gasteiger partial charge is 0.497 e. The molecule has 1 atom stereocenters. The molecule has 0 aromatic heterocycles. The summed E-state index contributed by atoms with van der Waals surface area (Å²) in [5.41, 5.74) is 0. The molecule has 1 heterocycles. The van der Waals surface area contributed by atoms with Crippen molar-refractivity contribution in [1.82, 2.24) is 5.32 Å². The summed E-state index contributed by atoms with van der Waals surface area (Å²) in [5, 5.41) is 2.65. The van der Waals surface area contributed by atoms with Crippen LogP contribution in [0.5, 0.6) is 0 Å². The van der Waals surface area contributed by atoms with Gasteiger partial charge in [0.05, 0.1) is 12.8 Å². The molecule has 1 N–H and O–H groups in total. The highest BCUT2D eigenvalue weighted by Crippen LogP contribution is 2.08. The van der Waals surface area contributed by atoms with E-state index in [0.29, 0.717) is 6.54 Å². The average Bonchev–Trinajstić information content (AvgIpc) is 2.05. The summed E-state index contributed by atoms with van der Waals surface area (Å²) in [5.74, 6) is 0. The van der Waals surface area contributed by atoms with Crippen LogP contribution in [0.2, 0.25) is 0 Å². The molecule has 70 valence electrons. The average molecular weight is 177 g/mol. The Morgan fingerprint density at radius 1 is 1.58 bits per heavy atom. The van der Waals surface area contributed by atoms with Gasteiger partial charge >= 0.3 is 0 Å². The maximum atomic E-state index is 11.7. The van der Waals surface area contributed by atoms with Gasteiger partial charge in [-0.25, -0.2) is 8.78 Å². The third kappa shape index (κ3) is 3.67. The van der Waals surface area contributed by atoms with Crippen LogP contribution in [0.3, 0.4) is 0 Å². The minimum atomic E-state index is -2.27. The molecule has 12 heavy (non-hydrogen) atoms. The number of hydrogen-bond donors (Lipinski definition) is 1. The predicted octanol–water partition coefficient (Wildman–Crippen LogP) is 1.53. The first kappa shape index (κ1) is 9.45. The summed E-state index contributed by atoms with van der Waals surface area (Å²) in [7, 11) is 0. The Labute approximate surface area is 70.6 Å². The molecule has 0 aromatic carbocycles. The van der Waals surface area contributed by atoms with E-state index in [1.165, 1.54) is 0 Å². The first-order valence-electron chi connectivity index (χ1n) is 4.08. The zero-order chi connectivity index (χ0) is 8.81. The van der Waals surface area contributed by atoms with Gasteiger partial charge in [0.25, 0.3) is 6.43 Å². The number of rotatable bonds is 4. The summed E-state index contributed by atoms with van der Waals surface area (Å²) in [6.07, 6.45) is 3.24. The Morgan fingerprint density at radius 2 is 2.42 bits per heavy atom. The highest BCUT2D eigenvalue weighted by Gasteiger charge is 2.10. The summed E-state index contributed by atoms with van der Waals surface area (Å²) >= 11 is 0. The van der Waals surface area contributed by atoms with E-state index < -0.39 is 6.43 Å². The lowest BCUT2D eigenvalue weighted by molar-refractivity contribution is 0.106. The van der Waals surface area contributed by atoms with Gasteiger partial charge in [0.1, 0.15) is 6.10 Å². The van der Waals surface area contributed by atoms with Gasteiger partial charge in [0.2, 0.25) is 0 Å². The molecule has 0 unspecified atom stereocenters.